The average molecular weight is 233 g/mol. The molecule has 1 rings (SSSR count). The van der Waals surface area contributed by atoms with E-state index in [1.54, 1.807) is 11.9 Å². The molecule has 0 N–H and O–H groups in total. The summed E-state index contributed by atoms with van der Waals surface area (Å²) in [5.41, 5.74) is 0. The lowest BCUT2D eigenvalue weighted by Crippen LogP contribution is -2.38. The SMILES string of the molecule is CC(C)CC(=O)N(C)[C@H]1CCS(=O)(=O)C1. The summed E-state index contributed by atoms with van der Waals surface area (Å²) in [6, 6.07) is -0.110. The van der Waals surface area contributed by atoms with Gasteiger partial charge in [0.2, 0.25) is 5.91 Å². The van der Waals surface area contributed by atoms with Crippen LogP contribution in [0.1, 0.15) is 26.7 Å². The quantitative estimate of drug-likeness (QED) is 0.720. The maximum absolute atomic E-state index is 11.7. The van der Waals surface area contributed by atoms with Gasteiger partial charge in [0.05, 0.1) is 11.5 Å². The molecule has 0 aliphatic carbocycles. The number of carbonyl (C=O) groups excluding carboxylic acids is 1. The molecular formula is C10H19NO3S. The van der Waals surface area contributed by atoms with E-state index >= 15 is 0 Å². The van der Waals surface area contributed by atoms with Gasteiger partial charge >= 0.3 is 0 Å². The minimum atomic E-state index is -2.90. The van der Waals surface area contributed by atoms with Crippen molar-refractivity contribution in [1.29, 1.82) is 0 Å². The Labute approximate surface area is 91.6 Å². The fraction of sp³-hybridized carbons (Fsp3) is 0.900. The van der Waals surface area contributed by atoms with Crippen LogP contribution in [0.25, 0.3) is 0 Å². The van der Waals surface area contributed by atoms with Gasteiger partial charge in [-0.05, 0) is 12.3 Å². The van der Waals surface area contributed by atoms with Crippen LogP contribution < -0.4 is 0 Å². The first-order valence-electron chi connectivity index (χ1n) is 5.28. The Morgan fingerprint density at radius 3 is 2.47 bits per heavy atom. The molecule has 88 valence electrons. The summed E-state index contributed by atoms with van der Waals surface area (Å²) in [6.45, 7) is 3.97. The molecule has 15 heavy (non-hydrogen) atoms. The number of nitrogens with zero attached hydrogens (tertiary/aromatic N) is 1. The number of carbonyl (C=O) groups is 1. The molecule has 0 radical (unpaired) electrons. The lowest BCUT2D eigenvalue weighted by atomic mass is 10.1. The van der Waals surface area contributed by atoms with E-state index in [1.807, 2.05) is 13.8 Å². The topological polar surface area (TPSA) is 54.5 Å². The van der Waals surface area contributed by atoms with Crippen molar-refractivity contribution in [3.05, 3.63) is 0 Å². The molecule has 0 aromatic carbocycles. The van der Waals surface area contributed by atoms with Crippen molar-refractivity contribution in [3.8, 4) is 0 Å². The van der Waals surface area contributed by atoms with E-state index in [-0.39, 0.29) is 23.5 Å². The minimum absolute atomic E-state index is 0.0482. The summed E-state index contributed by atoms with van der Waals surface area (Å²) in [5, 5.41) is 0. The first kappa shape index (κ1) is 12.5. The molecule has 1 aliphatic rings. The third-order valence-corrected chi connectivity index (χ3v) is 4.48. The molecule has 1 heterocycles. The predicted molar refractivity (Wildman–Crippen MR) is 59.3 cm³/mol. The summed E-state index contributed by atoms with van der Waals surface area (Å²) in [6.07, 6.45) is 1.08. The molecule has 4 nitrogen and oxygen atoms in total. The molecule has 0 saturated carbocycles. The van der Waals surface area contributed by atoms with Gasteiger partial charge in [-0.1, -0.05) is 13.8 Å². The van der Waals surface area contributed by atoms with Crippen LogP contribution in [0.3, 0.4) is 0 Å². The van der Waals surface area contributed by atoms with Gasteiger partial charge in [-0.15, -0.1) is 0 Å². The summed E-state index contributed by atoms with van der Waals surface area (Å²) >= 11 is 0. The van der Waals surface area contributed by atoms with Crippen molar-refractivity contribution in [2.45, 2.75) is 32.7 Å². The molecule has 0 aromatic rings. The molecular weight excluding hydrogens is 214 g/mol. The smallest absolute Gasteiger partial charge is 0.222 e. The van der Waals surface area contributed by atoms with Crippen molar-refractivity contribution >= 4 is 15.7 Å². The first-order chi connectivity index (χ1) is 6.82. The van der Waals surface area contributed by atoms with E-state index in [4.69, 9.17) is 0 Å². The van der Waals surface area contributed by atoms with E-state index in [0.29, 0.717) is 18.8 Å². The molecule has 0 unspecified atom stereocenters. The molecule has 1 saturated heterocycles. The van der Waals surface area contributed by atoms with Crippen LogP contribution in [-0.4, -0.2) is 43.8 Å². The summed E-state index contributed by atoms with van der Waals surface area (Å²) in [4.78, 5) is 13.3. The molecule has 1 fully saturated rings. The van der Waals surface area contributed by atoms with Gasteiger partial charge < -0.3 is 4.90 Å². The van der Waals surface area contributed by atoms with E-state index in [2.05, 4.69) is 0 Å². The second-order valence-corrected chi connectivity index (χ2v) is 6.89. The standard InChI is InChI=1S/C10H19NO3S/c1-8(2)6-10(12)11(3)9-4-5-15(13,14)7-9/h8-9H,4-7H2,1-3H3/t9-/m0/s1. The maximum Gasteiger partial charge on any atom is 0.222 e. The number of hydrogen-bond donors (Lipinski definition) is 0. The van der Waals surface area contributed by atoms with E-state index < -0.39 is 9.84 Å². The molecule has 1 atom stereocenters. The van der Waals surface area contributed by atoms with Crippen LogP contribution in [0.5, 0.6) is 0 Å². The fourth-order valence-electron chi connectivity index (χ4n) is 1.78. The highest BCUT2D eigenvalue weighted by molar-refractivity contribution is 7.91. The monoisotopic (exact) mass is 233 g/mol. The third kappa shape index (κ3) is 3.48. The van der Waals surface area contributed by atoms with Crippen LogP contribution in [0.4, 0.5) is 0 Å². The Morgan fingerprint density at radius 1 is 1.47 bits per heavy atom. The highest BCUT2D eigenvalue weighted by Gasteiger charge is 2.32. The van der Waals surface area contributed by atoms with E-state index in [0.717, 1.165) is 0 Å². The fourth-order valence-corrected chi connectivity index (χ4v) is 3.55. The highest BCUT2D eigenvalue weighted by Crippen LogP contribution is 2.17. The Bertz CT molecular complexity index is 335. The zero-order chi connectivity index (χ0) is 11.6. The zero-order valence-corrected chi connectivity index (χ0v) is 10.4. The van der Waals surface area contributed by atoms with E-state index in [9.17, 15) is 13.2 Å². The van der Waals surface area contributed by atoms with E-state index in [1.165, 1.54) is 0 Å². The summed E-state index contributed by atoms with van der Waals surface area (Å²) in [5.74, 6) is 0.717. The van der Waals surface area contributed by atoms with Crippen molar-refractivity contribution in [2.75, 3.05) is 18.6 Å². The van der Waals surface area contributed by atoms with Gasteiger partial charge in [0.1, 0.15) is 0 Å². The number of amides is 1. The van der Waals surface area contributed by atoms with Crippen LogP contribution in [0.15, 0.2) is 0 Å². The average Bonchev–Trinajstić information content (AvgIpc) is 2.43. The molecule has 5 heteroatoms. The van der Waals surface area contributed by atoms with Crippen LogP contribution >= 0.6 is 0 Å². The normalized spacial score (nSPS) is 24.4. The second kappa shape index (κ2) is 4.51. The molecule has 0 aromatic heterocycles. The van der Waals surface area contributed by atoms with Gasteiger partial charge in [0, 0.05) is 19.5 Å². The Kier molecular flexibility index (Phi) is 3.76. The number of rotatable bonds is 3. The predicted octanol–water partition coefficient (Wildman–Crippen LogP) is 0.678. The zero-order valence-electron chi connectivity index (χ0n) is 9.56. The lowest BCUT2D eigenvalue weighted by Gasteiger charge is -2.24. The summed E-state index contributed by atoms with van der Waals surface area (Å²) < 4.78 is 22.5. The van der Waals surface area contributed by atoms with Crippen molar-refractivity contribution in [2.24, 2.45) is 5.92 Å². The number of sulfone groups is 1. The highest BCUT2D eigenvalue weighted by atomic mass is 32.2. The molecule has 0 spiro atoms. The molecule has 1 amide bonds. The third-order valence-electron chi connectivity index (χ3n) is 2.73. The second-order valence-electron chi connectivity index (χ2n) is 4.66. The Hall–Kier alpha value is -0.580. The minimum Gasteiger partial charge on any atom is -0.342 e. The maximum atomic E-state index is 11.7. The van der Waals surface area contributed by atoms with Crippen LogP contribution in [0, 0.1) is 5.92 Å². The first-order valence-corrected chi connectivity index (χ1v) is 7.10. The van der Waals surface area contributed by atoms with Gasteiger partial charge in [-0.3, -0.25) is 4.79 Å². The van der Waals surface area contributed by atoms with Gasteiger partial charge in [0.25, 0.3) is 0 Å². The molecule has 1 aliphatic heterocycles. The van der Waals surface area contributed by atoms with Gasteiger partial charge in [-0.2, -0.15) is 0 Å². The van der Waals surface area contributed by atoms with Crippen molar-refractivity contribution in [3.63, 3.8) is 0 Å². The summed E-state index contributed by atoms with van der Waals surface area (Å²) in [7, 11) is -1.19. The number of hydrogen-bond acceptors (Lipinski definition) is 3. The van der Waals surface area contributed by atoms with Crippen LogP contribution in [-0.2, 0) is 14.6 Å². The molecule has 0 bridgehead atoms. The lowest BCUT2D eigenvalue weighted by molar-refractivity contribution is -0.132. The largest absolute Gasteiger partial charge is 0.342 e. The Morgan fingerprint density at radius 2 is 2.07 bits per heavy atom. The van der Waals surface area contributed by atoms with Crippen LogP contribution in [0.2, 0.25) is 0 Å². The Balaban J connectivity index is 2.55. The van der Waals surface area contributed by atoms with Gasteiger partial charge in [0.15, 0.2) is 9.84 Å². The van der Waals surface area contributed by atoms with Gasteiger partial charge in [-0.25, -0.2) is 8.42 Å². The van der Waals surface area contributed by atoms with Crippen molar-refractivity contribution < 1.29 is 13.2 Å². The van der Waals surface area contributed by atoms with Crippen molar-refractivity contribution in [1.82, 2.24) is 4.90 Å².